The number of carboxylic acid groups (broad SMARTS) is 1. The molecule has 8 heteroatoms. The van der Waals surface area contributed by atoms with Gasteiger partial charge < -0.3 is 5.11 Å². The van der Waals surface area contributed by atoms with Gasteiger partial charge in [-0.05, 0) is 32.6 Å². The second-order valence-corrected chi connectivity index (χ2v) is 7.47. The van der Waals surface area contributed by atoms with Crippen LogP contribution in [0.15, 0.2) is 4.90 Å². The van der Waals surface area contributed by atoms with E-state index in [1.54, 1.807) is 25.6 Å². The molecule has 1 aliphatic rings. The van der Waals surface area contributed by atoms with Crippen molar-refractivity contribution in [2.45, 2.75) is 38.0 Å². The van der Waals surface area contributed by atoms with Crippen molar-refractivity contribution in [1.29, 1.82) is 0 Å². The molecule has 0 bridgehead atoms. The molecule has 21 heavy (non-hydrogen) atoms. The first kappa shape index (κ1) is 16.0. The van der Waals surface area contributed by atoms with Crippen LogP contribution >= 0.6 is 0 Å². The fourth-order valence-electron chi connectivity index (χ4n) is 2.92. The van der Waals surface area contributed by atoms with Crippen LogP contribution in [0.1, 0.15) is 30.7 Å². The highest BCUT2D eigenvalue weighted by molar-refractivity contribution is 7.89. The van der Waals surface area contributed by atoms with E-state index < -0.39 is 16.0 Å². The maximum absolute atomic E-state index is 12.8. The van der Waals surface area contributed by atoms with Gasteiger partial charge in [-0.25, -0.2) is 8.42 Å². The van der Waals surface area contributed by atoms with Crippen LogP contribution in [0.5, 0.6) is 0 Å². The van der Waals surface area contributed by atoms with Gasteiger partial charge in [-0.3, -0.25) is 9.48 Å². The van der Waals surface area contributed by atoms with Gasteiger partial charge in [0, 0.05) is 26.6 Å². The Morgan fingerprint density at radius 3 is 2.62 bits per heavy atom. The molecule has 7 nitrogen and oxygen atoms in total. The lowest BCUT2D eigenvalue weighted by molar-refractivity contribution is -0.138. The van der Waals surface area contributed by atoms with Crippen LogP contribution in [0.25, 0.3) is 0 Å². The second kappa shape index (κ2) is 5.76. The molecule has 0 amide bonds. The summed E-state index contributed by atoms with van der Waals surface area (Å²) in [4.78, 5) is 11.1. The number of aromatic nitrogens is 2. The van der Waals surface area contributed by atoms with Crippen molar-refractivity contribution in [2.24, 2.45) is 13.0 Å². The van der Waals surface area contributed by atoms with Gasteiger partial charge in [0.05, 0.1) is 11.4 Å². The van der Waals surface area contributed by atoms with Crippen LogP contribution in [-0.2, 0) is 21.9 Å². The molecule has 0 radical (unpaired) electrons. The van der Waals surface area contributed by atoms with E-state index in [1.807, 2.05) is 0 Å². The van der Waals surface area contributed by atoms with E-state index in [-0.39, 0.29) is 23.8 Å². The van der Waals surface area contributed by atoms with Crippen molar-refractivity contribution in [1.82, 2.24) is 14.1 Å². The zero-order chi connectivity index (χ0) is 15.8. The number of nitrogens with zero attached hydrogens (tertiary/aromatic N) is 3. The van der Waals surface area contributed by atoms with Gasteiger partial charge in [-0.1, -0.05) is 0 Å². The summed E-state index contributed by atoms with van der Waals surface area (Å²) in [5, 5.41) is 13.0. The van der Waals surface area contributed by atoms with E-state index in [2.05, 4.69) is 5.10 Å². The Kier molecular flexibility index (Phi) is 4.38. The topological polar surface area (TPSA) is 92.5 Å². The summed E-state index contributed by atoms with van der Waals surface area (Å²) in [6, 6.07) is 0. The molecule has 1 fully saturated rings. The number of carbonyl (C=O) groups is 1. The van der Waals surface area contributed by atoms with Crippen LogP contribution in [0.3, 0.4) is 0 Å². The summed E-state index contributed by atoms with van der Waals surface area (Å²) in [7, 11) is -1.90. The lowest BCUT2D eigenvalue weighted by atomic mass is 9.96. The third-order valence-corrected chi connectivity index (χ3v) is 6.10. The lowest BCUT2D eigenvalue weighted by Gasteiger charge is -2.31. The number of aliphatic carboxylic acids is 1. The first-order chi connectivity index (χ1) is 9.73. The number of aryl methyl sites for hydroxylation is 2. The first-order valence-corrected chi connectivity index (χ1v) is 8.39. The zero-order valence-corrected chi connectivity index (χ0v) is 13.4. The number of sulfonamides is 1. The molecule has 0 aromatic carbocycles. The molecule has 0 saturated carbocycles. The normalized spacial score (nSPS) is 20.6. The van der Waals surface area contributed by atoms with Crippen molar-refractivity contribution in [3.05, 3.63) is 11.4 Å². The van der Waals surface area contributed by atoms with E-state index in [4.69, 9.17) is 5.11 Å². The van der Waals surface area contributed by atoms with Gasteiger partial charge in [0.2, 0.25) is 10.0 Å². The smallest absolute Gasteiger partial charge is 0.303 e. The molecule has 1 saturated heterocycles. The minimum atomic E-state index is -3.61. The average Bonchev–Trinajstić information content (AvgIpc) is 2.63. The summed E-state index contributed by atoms with van der Waals surface area (Å²) in [6.07, 6.45) is 1.45. The molecule has 1 atom stereocenters. The predicted molar refractivity (Wildman–Crippen MR) is 76.4 cm³/mol. The van der Waals surface area contributed by atoms with Crippen LogP contribution in [0.4, 0.5) is 0 Å². The standard InChI is InChI=1S/C13H21N3O4S/c1-9-13(10(2)15(3)14-9)21(19,20)16-6-4-5-11(8-16)7-12(17)18/h11H,4-8H2,1-3H3,(H,17,18). The van der Waals surface area contributed by atoms with E-state index in [0.717, 1.165) is 6.42 Å². The molecule has 1 unspecified atom stereocenters. The summed E-state index contributed by atoms with van der Waals surface area (Å²) in [5.74, 6) is -1.00. The highest BCUT2D eigenvalue weighted by Gasteiger charge is 2.34. The molecule has 1 aliphatic heterocycles. The molecular weight excluding hydrogens is 294 g/mol. The quantitative estimate of drug-likeness (QED) is 0.891. The van der Waals surface area contributed by atoms with Crippen LogP contribution < -0.4 is 0 Å². The van der Waals surface area contributed by atoms with Gasteiger partial charge in [-0.2, -0.15) is 9.40 Å². The third kappa shape index (κ3) is 3.11. The number of hydrogen-bond acceptors (Lipinski definition) is 4. The number of carboxylic acids is 1. The van der Waals surface area contributed by atoms with Crippen molar-refractivity contribution in [3.8, 4) is 0 Å². The Morgan fingerprint density at radius 2 is 2.10 bits per heavy atom. The van der Waals surface area contributed by atoms with Gasteiger partial charge in [-0.15, -0.1) is 0 Å². The lowest BCUT2D eigenvalue weighted by Crippen LogP contribution is -2.40. The zero-order valence-electron chi connectivity index (χ0n) is 12.5. The molecule has 0 spiro atoms. The van der Waals surface area contributed by atoms with Gasteiger partial charge in [0.25, 0.3) is 0 Å². The number of rotatable bonds is 4. The van der Waals surface area contributed by atoms with Gasteiger partial charge >= 0.3 is 5.97 Å². The van der Waals surface area contributed by atoms with Crippen LogP contribution in [0, 0.1) is 19.8 Å². The van der Waals surface area contributed by atoms with E-state index in [1.165, 1.54) is 4.31 Å². The Balaban J connectivity index is 2.29. The molecule has 2 heterocycles. The fourth-order valence-corrected chi connectivity index (χ4v) is 4.87. The third-order valence-electron chi connectivity index (χ3n) is 3.99. The average molecular weight is 315 g/mol. The molecule has 1 N–H and O–H groups in total. The predicted octanol–water partition coefficient (Wildman–Crippen LogP) is 0.912. The van der Waals surface area contributed by atoms with Crippen molar-refractivity contribution >= 4 is 16.0 Å². The highest BCUT2D eigenvalue weighted by atomic mass is 32.2. The largest absolute Gasteiger partial charge is 0.481 e. The fraction of sp³-hybridized carbons (Fsp3) is 0.692. The van der Waals surface area contributed by atoms with E-state index >= 15 is 0 Å². The minimum Gasteiger partial charge on any atom is -0.481 e. The first-order valence-electron chi connectivity index (χ1n) is 6.95. The van der Waals surface area contributed by atoms with Gasteiger partial charge in [0.15, 0.2) is 0 Å². The van der Waals surface area contributed by atoms with Crippen LogP contribution in [-0.4, -0.2) is 46.7 Å². The SMILES string of the molecule is Cc1nn(C)c(C)c1S(=O)(=O)N1CCCC(CC(=O)O)C1. The monoisotopic (exact) mass is 315 g/mol. The second-order valence-electron chi connectivity index (χ2n) is 5.59. The molecular formula is C13H21N3O4S. The summed E-state index contributed by atoms with van der Waals surface area (Å²) in [5.41, 5.74) is 1.09. The van der Waals surface area contributed by atoms with E-state index in [9.17, 15) is 13.2 Å². The van der Waals surface area contributed by atoms with E-state index in [0.29, 0.717) is 24.4 Å². The summed E-state index contributed by atoms with van der Waals surface area (Å²) < 4.78 is 28.6. The Labute approximate surface area is 124 Å². The molecule has 0 aliphatic carbocycles. The van der Waals surface area contributed by atoms with Crippen molar-refractivity contribution in [3.63, 3.8) is 0 Å². The minimum absolute atomic E-state index is 0.0109. The Hall–Kier alpha value is -1.41. The molecule has 1 aromatic heterocycles. The Morgan fingerprint density at radius 1 is 1.43 bits per heavy atom. The van der Waals surface area contributed by atoms with Crippen LogP contribution in [0.2, 0.25) is 0 Å². The maximum Gasteiger partial charge on any atom is 0.303 e. The number of piperidine rings is 1. The summed E-state index contributed by atoms with van der Waals surface area (Å²) >= 11 is 0. The number of hydrogen-bond donors (Lipinski definition) is 1. The van der Waals surface area contributed by atoms with Crippen molar-refractivity contribution < 1.29 is 18.3 Å². The maximum atomic E-state index is 12.8. The van der Waals surface area contributed by atoms with Gasteiger partial charge in [0.1, 0.15) is 4.90 Å². The van der Waals surface area contributed by atoms with Crippen molar-refractivity contribution in [2.75, 3.05) is 13.1 Å². The Bertz CT molecular complexity index is 651. The molecule has 2 rings (SSSR count). The highest BCUT2D eigenvalue weighted by Crippen LogP contribution is 2.28. The molecule has 1 aromatic rings. The molecule has 118 valence electrons. The summed E-state index contributed by atoms with van der Waals surface area (Å²) in [6.45, 7) is 4.11.